The Hall–Kier alpha value is 2.15. The zero-order valence-electron chi connectivity index (χ0n) is 3.20. The van der Waals surface area contributed by atoms with Crippen molar-refractivity contribution in [1.82, 2.24) is 6.15 Å². The largest absolute Gasteiger partial charge is 0.344 e. The van der Waals surface area contributed by atoms with Crippen molar-refractivity contribution in [2.24, 2.45) is 0 Å². The van der Waals surface area contributed by atoms with Crippen molar-refractivity contribution in [2.75, 3.05) is 0 Å². The predicted octanol–water partition coefficient (Wildman–Crippen LogP) is 2.27. The third-order valence-corrected chi connectivity index (χ3v) is 0. The molecule has 0 saturated carbocycles. The van der Waals surface area contributed by atoms with Gasteiger partial charge in [0, 0.05) is 22.4 Å². The summed E-state index contributed by atoms with van der Waals surface area (Å²) in [5.41, 5.74) is 0. The Kier molecular flexibility index (Phi) is 1690. The van der Waals surface area contributed by atoms with Crippen molar-refractivity contribution in [3.8, 4) is 0 Å². The quantitative estimate of drug-likeness (QED) is 0.683. The Bertz CT molecular complexity index is 8.04. The van der Waals surface area contributed by atoms with Crippen LogP contribution in [-0.4, -0.2) is 0 Å². The van der Waals surface area contributed by atoms with Gasteiger partial charge in [0.2, 0.25) is 0 Å². The minimum atomic E-state index is 0. The zero-order valence-corrected chi connectivity index (χ0v) is 9.48. The van der Waals surface area contributed by atoms with E-state index >= 15 is 0 Å². The molecule has 7 heteroatoms. The molecular weight excluding hydrogens is 284 g/mol. The van der Waals surface area contributed by atoms with Crippen LogP contribution < -0.4 is 6.15 Å². The van der Waals surface area contributed by atoms with Crippen LogP contribution in [0, 0.1) is 0 Å². The fourth-order valence-electron chi connectivity index (χ4n) is 0. The molecule has 0 atom stereocenters. The molecule has 0 spiro atoms. The minimum absolute atomic E-state index is 0. The molecule has 3 N–H and O–H groups in total. The van der Waals surface area contributed by atoms with Gasteiger partial charge in [0.15, 0.2) is 0 Å². The van der Waals surface area contributed by atoms with E-state index in [9.17, 15) is 0 Å². The fraction of sp³-hybridized carbons (Fsp3) is 0. The fourth-order valence-corrected chi connectivity index (χ4v) is 0. The second kappa shape index (κ2) is 90.1. The SMILES string of the molecule is Cl.Cl.Cl.Cl.Cl.N.[Nb]. The first-order valence-corrected chi connectivity index (χ1v) is 0. The summed E-state index contributed by atoms with van der Waals surface area (Å²) in [5.74, 6) is 0. The van der Waals surface area contributed by atoms with Gasteiger partial charge in [-0.25, -0.2) is 0 Å². The minimum Gasteiger partial charge on any atom is -0.344 e. The summed E-state index contributed by atoms with van der Waals surface area (Å²) >= 11 is 0. The van der Waals surface area contributed by atoms with Gasteiger partial charge in [0.25, 0.3) is 0 Å². The van der Waals surface area contributed by atoms with Crippen LogP contribution in [0.3, 0.4) is 0 Å². The summed E-state index contributed by atoms with van der Waals surface area (Å²) in [6, 6.07) is 0. The van der Waals surface area contributed by atoms with E-state index in [1.807, 2.05) is 0 Å². The summed E-state index contributed by atoms with van der Waals surface area (Å²) in [7, 11) is 0. The average molecular weight is 292 g/mol. The zero-order chi connectivity index (χ0) is 0. The molecule has 0 aromatic rings. The van der Waals surface area contributed by atoms with Gasteiger partial charge in [0.1, 0.15) is 0 Å². The van der Waals surface area contributed by atoms with Crippen LogP contribution in [0.5, 0.6) is 0 Å². The summed E-state index contributed by atoms with van der Waals surface area (Å²) < 4.78 is 0. The van der Waals surface area contributed by atoms with Crippen LogP contribution in [0.2, 0.25) is 0 Å². The van der Waals surface area contributed by atoms with Gasteiger partial charge in [-0.3, -0.25) is 0 Å². The van der Waals surface area contributed by atoms with E-state index in [1.54, 1.807) is 0 Å². The molecule has 0 aliphatic heterocycles. The molecule has 0 aromatic heterocycles. The van der Waals surface area contributed by atoms with Gasteiger partial charge in [-0.15, -0.1) is 62.0 Å². The van der Waals surface area contributed by atoms with Crippen LogP contribution in [0.4, 0.5) is 0 Å². The Balaban J connectivity index is 0. The second-order valence-corrected chi connectivity index (χ2v) is 0. The molecule has 0 fully saturated rings. The average Bonchev–Trinajstić information content (AvgIpc) is 0. The Morgan fingerprint density at radius 3 is 0.429 bits per heavy atom. The monoisotopic (exact) mass is 290 g/mol. The van der Waals surface area contributed by atoms with Gasteiger partial charge >= 0.3 is 0 Å². The van der Waals surface area contributed by atoms with Gasteiger partial charge in [-0.05, 0) is 0 Å². The Labute approximate surface area is 89.9 Å². The van der Waals surface area contributed by atoms with Gasteiger partial charge in [-0.2, -0.15) is 0 Å². The number of hydrogen-bond donors (Lipinski definition) is 1. The molecule has 1 radical (unpaired) electrons. The molecule has 0 unspecified atom stereocenters. The third kappa shape index (κ3) is 66.7. The van der Waals surface area contributed by atoms with E-state index in [1.165, 1.54) is 0 Å². The van der Waals surface area contributed by atoms with Crippen molar-refractivity contribution >= 4 is 62.0 Å². The van der Waals surface area contributed by atoms with Gasteiger partial charge < -0.3 is 6.15 Å². The van der Waals surface area contributed by atoms with Gasteiger partial charge in [-0.1, -0.05) is 0 Å². The first kappa shape index (κ1) is 131. The van der Waals surface area contributed by atoms with E-state index in [-0.39, 0.29) is 90.6 Å². The third-order valence-electron chi connectivity index (χ3n) is 0. The van der Waals surface area contributed by atoms with Crippen molar-refractivity contribution in [1.29, 1.82) is 0 Å². The number of halogens is 5. The molecule has 0 aliphatic carbocycles. The molecule has 7 heavy (non-hydrogen) atoms. The van der Waals surface area contributed by atoms with E-state index in [0.29, 0.717) is 0 Å². The molecule has 1 nitrogen and oxygen atoms in total. The van der Waals surface area contributed by atoms with E-state index in [4.69, 9.17) is 0 Å². The molecule has 0 bridgehead atoms. The maximum Gasteiger partial charge on any atom is 0 e. The second-order valence-electron chi connectivity index (χ2n) is 0. The molecule has 0 aromatic carbocycles. The van der Waals surface area contributed by atoms with Crippen LogP contribution in [-0.2, 0) is 22.4 Å². The molecule has 0 rings (SSSR count). The first-order chi connectivity index (χ1) is 0. The molecule has 0 amide bonds. The van der Waals surface area contributed by atoms with Crippen molar-refractivity contribution in [3.05, 3.63) is 0 Å². The first-order valence-electron chi connectivity index (χ1n) is 0. The number of rotatable bonds is 0. The van der Waals surface area contributed by atoms with Crippen molar-refractivity contribution in [2.45, 2.75) is 0 Å². The summed E-state index contributed by atoms with van der Waals surface area (Å²) in [6.07, 6.45) is 0. The Morgan fingerprint density at radius 1 is 0.429 bits per heavy atom. The summed E-state index contributed by atoms with van der Waals surface area (Å²) in [6.45, 7) is 0. The van der Waals surface area contributed by atoms with Crippen LogP contribution >= 0.6 is 62.0 Å². The van der Waals surface area contributed by atoms with Crippen LogP contribution in [0.15, 0.2) is 0 Å². The molecule has 0 heterocycles. The van der Waals surface area contributed by atoms with Crippen molar-refractivity contribution in [3.63, 3.8) is 0 Å². The molecular formula is H8Cl5NNb. The Morgan fingerprint density at radius 2 is 0.429 bits per heavy atom. The normalized spacial score (nSPS) is 0. The molecule has 0 saturated heterocycles. The van der Waals surface area contributed by atoms with Gasteiger partial charge in [0.05, 0.1) is 0 Å². The van der Waals surface area contributed by atoms with E-state index in [2.05, 4.69) is 0 Å². The van der Waals surface area contributed by atoms with E-state index < -0.39 is 0 Å². The summed E-state index contributed by atoms with van der Waals surface area (Å²) in [4.78, 5) is 0. The summed E-state index contributed by atoms with van der Waals surface area (Å²) in [5, 5.41) is 0. The van der Waals surface area contributed by atoms with Crippen molar-refractivity contribution < 1.29 is 22.4 Å². The van der Waals surface area contributed by atoms with Crippen LogP contribution in [0.1, 0.15) is 0 Å². The smallest absolute Gasteiger partial charge is 0 e. The molecule has 53 valence electrons. The van der Waals surface area contributed by atoms with E-state index in [0.717, 1.165) is 0 Å². The maximum absolute atomic E-state index is 0. The topological polar surface area (TPSA) is 35.0 Å². The van der Waals surface area contributed by atoms with Crippen LogP contribution in [0.25, 0.3) is 0 Å². The standard InChI is InChI=1S/5ClH.H3N.Nb/h5*1H;1H3;. The predicted molar refractivity (Wildman–Crippen MR) is 41.3 cm³/mol. The maximum atomic E-state index is 0. The molecule has 0 aliphatic rings. The number of hydrogen-bond acceptors (Lipinski definition) is 1.